The van der Waals surface area contributed by atoms with E-state index in [2.05, 4.69) is 0 Å². The fourth-order valence-electron chi connectivity index (χ4n) is 2.09. The lowest BCUT2D eigenvalue weighted by molar-refractivity contribution is -0.183. The minimum Gasteiger partial charge on any atom is -0.325 e. The number of carbonyl (C=O) groups is 1. The second kappa shape index (κ2) is 5.60. The molecule has 0 spiro atoms. The van der Waals surface area contributed by atoms with Crippen LogP contribution in [0.25, 0.3) is 0 Å². The molecule has 100 valence electrons. The number of urea groups is 1. The summed E-state index contributed by atoms with van der Waals surface area (Å²) in [4.78, 5) is 15.0. The second-order valence-corrected chi connectivity index (χ2v) is 4.26. The summed E-state index contributed by atoms with van der Waals surface area (Å²) < 4.78 is 37.3. The predicted octanol–water partition coefficient (Wildman–Crippen LogP) is 2.72. The average molecular weight is 252 g/mol. The summed E-state index contributed by atoms with van der Waals surface area (Å²) >= 11 is 0. The Kier molecular flexibility index (Phi) is 4.65. The van der Waals surface area contributed by atoms with Crippen LogP contribution in [0.1, 0.15) is 26.7 Å². The van der Waals surface area contributed by atoms with E-state index in [0.717, 1.165) is 0 Å². The minimum atomic E-state index is -4.12. The van der Waals surface area contributed by atoms with Gasteiger partial charge in [-0.15, -0.1) is 0 Å². The first-order valence-corrected chi connectivity index (χ1v) is 6.00. The van der Waals surface area contributed by atoms with E-state index in [0.29, 0.717) is 13.1 Å². The predicted molar refractivity (Wildman–Crippen MR) is 58.7 cm³/mol. The van der Waals surface area contributed by atoms with Crippen LogP contribution in [0, 0.1) is 5.92 Å². The summed E-state index contributed by atoms with van der Waals surface area (Å²) in [5.74, 6) is -1.25. The minimum absolute atomic E-state index is 0.0243. The molecule has 0 aliphatic carbocycles. The van der Waals surface area contributed by atoms with E-state index < -0.39 is 12.1 Å². The quantitative estimate of drug-likeness (QED) is 0.741. The summed E-state index contributed by atoms with van der Waals surface area (Å²) in [5, 5.41) is 0. The molecule has 1 rings (SSSR count). The molecule has 0 radical (unpaired) electrons. The Hall–Kier alpha value is -0.940. The third-order valence-corrected chi connectivity index (χ3v) is 3.26. The third-order valence-electron chi connectivity index (χ3n) is 3.26. The molecule has 0 saturated carbocycles. The first kappa shape index (κ1) is 14.1. The maximum atomic E-state index is 12.4. The van der Waals surface area contributed by atoms with Crippen molar-refractivity contribution in [3.63, 3.8) is 0 Å². The number of carbonyl (C=O) groups excluding carboxylic acids is 1. The van der Waals surface area contributed by atoms with Crippen LogP contribution >= 0.6 is 0 Å². The van der Waals surface area contributed by atoms with E-state index in [1.165, 1.54) is 4.90 Å². The average Bonchev–Trinajstić information content (AvgIpc) is 2.29. The normalized spacial score (nSPS) is 18.3. The Labute approximate surface area is 99.6 Å². The van der Waals surface area contributed by atoms with Crippen molar-refractivity contribution in [1.82, 2.24) is 9.80 Å². The Morgan fingerprint density at radius 3 is 2.06 bits per heavy atom. The molecule has 0 N–H and O–H groups in total. The van der Waals surface area contributed by atoms with Crippen molar-refractivity contribution in [2.75, 3.05) is 26.2 Å². The van der Waals surface area contributed by atoms with Crippen molar-refractivity contribution >= 4 is 6.03 Å². The summed E-state index contributed by atoms with van der Waals surface area (Å²) in [7, 11) is 0. The first-order valence-electron chi connectivity index (χ1n) is 6.00. The first-order chi connectivity index (χ1) is 7.90. The molecular weight excluding hydrogens is 233 g/mol. The van der Waals surface area contributed by atoms with Gasteiger partial charge in [0.15, 0.2) is 0 Å². The van der Waals surface area contributed by atoms with Crippen molar-refractivity contribution in [3.05, 3.63) is 0 Å². The highest BCUT2D eigenvalue weighted by molar-refractivity contribution is 5.74. The van der Waals surface area contributed by atoms with Gasteiger partial charge in [0.25, 0.3) is 0 Å². The van der Waals surface area contributed by atoms with Crippen LogP contribution in [0.15, 0.2) is 0 Å². The number of likely N-dealkylation sites (tertiary alicyclic amines) is 1. The highest BCUT2D eigenvalue weighted by Crippen LogP contribution is 2.34. The maximum Gasteiger partial charge on any atom is 0.391 e. The standard InChI is InChI=1S/C11H19F3N2O/c1-3-15(4-2)10(17)16-7-5-9(6-8-16)11(12,13)14/h9H,3-8H2,1-2H3. The SMILES string of the molecule is CCN(CC)C(=O)N1CCC(C(F)(F)F)CC1. The number of piperidine rings is 1. The van der Waals surface area contributed by atoms with E-state index >= 15 is 0 Å². The number of hydrogen-bond acceptors (Lipinski definition) is 1. The fraction of sp³-hybridized carbons (Fsp3) is 0.909. The van der Waals surface area contributed by atoms with Gasteiger partial charge in [-0.3, -0.25) is 0 Å². The topological polar surface area (TPSA) is 23.6 Å². The Morgan fingerprint density at radius 2 is 1.71 bits per heavy atom. The third kappa shape index (κ3) is 3.51. The van der Waals surface area contributed by atoms with Gasteiger partial charge in [0, 0.05) is 26.2 Å². The van der Waals surface area contributed by atoms with Gasteiger partial charge in [-0.2, -0.15) is 13.2 Å². The van der Waals surface area contributed by atoms with Crippen molar-refractivity contribution in [2.45, 2.75) is 32.9 Å². The van der Waals surface area contributed by atoms with Crippen LogP contribution in [-0.2, 0) is 0 Å². The van der Waals surface area contributed by atoms with Gasteiger partial charge in [-0.25, -0.2) is 4.79 Å². The number of nitrogens with zero attached hydrogens (tertiary/aromatic N) is 2. The number of halogens is 3. The Morgan fingerprint density at radius 1 is 1.24 bits per heavy atom. The van der Waals surface area contributed by atoms with E-state index in [1.54, 1.807) is 4.90 Å². The van der Waals surface area contributed by atoms with Gasteiger partial charge < -0.3 is 9.80 Å². The molecule has 0 atom stereocenters. The molecule has 1 heterocycles. The van der Waals surface area contributed by atoms with Crippen molar-refractivity contribution < 1.29 is 18.0 Å². The van der Waals surface area contributed by atoms with E-state index in [-0.39, 0.29) is 32.0 Å². The molecule has 1 fully saturated rings. The molecule has 1 aliphatic heterocycles. The van der Waals surface area contributed by atoms with Crippen molar-refractivity contribution in [3.8, 4) is 0 Å². The monoisotopic (exact) mass is 252 g/mol. The van der Waals surface area contributed by atoms with Crippen LogP contribution in [-0.4, -0.2) is 48.2 Å². The molecule has 17 heavy (non-hydrogen) atoms. The number of amides is 2. The van der Waals surface area contributed by atoms with Crippen LogP contribution < -0.4 is 0 Å². The smallest absolute Gasteiger partial charge is 0.325 e. The van der Waals surface area contributed by atoms with E-state index in [9.17, 15) is 18.0 Å². The molecule has 0 unspecified atom stereocenters. The molecular formula is C11H19F3N2O. The van der Waals surface area contributed by atoms with Gasteiger partial charge in [0.2, 0.25) is 0 Å². The molecule has 1 saturated heterocycles. The zero-order chi connectivity index (χ0) is 13.1. The molecule has 0 bridgehead atoms. The highest BCUT2D eigenvalue weighted by Gasteiger charge is 2.41. The van der Waals surface area contributed by atoms with E-state index in [4.69, 9.17) is 0 Å². The van der Waals surface area contributed by atoms with Gasteiger partial charge in [0.05, 0.1) is 5.92 Å². The zero-order valence-electron chi connectivity index (χ0n) is 10.3. The lowest BCUT2D eigenvalue weighted by Gasteiger charge is -2.35. The van der Waals surface area contributed by atoms with E-state index in [1.807, 2.05) is 13.8 Å². The number of hydrogen-bond donors (Lipinski definition) is 0. The van der Waals surface area contributed by atoms with Crippen LogP contribution in [0.5, 0.6) is 0 Å². The molecule has 3 nitrogen and oxygen atoms in total. The second-order valence-electron chi connectivity index (χ2n) is 4.26. The van der Waals surface area contributed by atoms with Gasteiger partial charge in [0.1, 0.15) is 0 Å². The van der Waals surface area contributed by atoms with Crippen LogP contribution in [0.3, 0.4) is 0 Å². The van der Waals surface area contributed by atoms with Crippen molar-refractivity contribution in [2.24, 2.45) is 5.92 Å². The molecule has 6 heteroatoms. The summed E-state index contributed by atoms with van der Waals surface area (Å²) in [6.45, 7) is 5.33. The molecule has 1 aliphatic rings. The van der Waals surface area contributed by atoms with Crippen molar-refractivity contribution in [1.29, 1.82) is 0 Å². The fourth-order valence-corrected chi connectivity index (χ4v) is 2.09. The molecule has 0 aromatic heterocycles. The summed E-state index contributed by atoms with van der Waals surface area (Å²) in [6.07, 6.45) is -4.07. The molecule has 0 aromatic carbocycles. The van der Waals surface area contributed by atoms with Crippen LogP contribution in [0.4, 0.5) is 18.0 Å². The zero-order valence-corrected chi connectivity index (χ0v) is 10.3. The van der Waals surface area contributed by atoms with Crippen LogP contribution in [0.2, 0.25) is 0 Å². The number of rotatable bonds is 2. The molecule has 0 aromatic rings. The van der Waals surface area contributed by atoms with Gasteiger partial charge >= 0.3 is 12.2 Å². The lowest BCUT2D eigenvalue weighted by Crippen LogP contribution is -2.48. The highest BCUT2D eigenvalue weighted by atomic mass is 19.4. The largest absolute Gasteiger partial charge is 0.391 e. The number of alkyl halides is 3. The lowest BCUT2D eigenvalue weighted by atomic mass is 9.96. The Bertz CT molecular complexity index is 256. The summed E-state index contributed by atoms with van der Waals surface area (Å²) in [5.41, 5.74) is 0. The Balaban J connectivity index is 2.49. The van der Waals surface area contributed by atoms with Gasteiger partial charge in [-0.1, -0.05) is 0 Å². The summed E-state index contributed by atoms with van der Waals surface area (Å²) in [6, 6.07) is -0.143. The molecule has 2 amide bonds. The maximum absolute atomic E-state index is 12.4. The van der Waals surface area contributed by atoms with Gasteiger partial charge in [-0.05, 0) is 26.7 Å².